The number of esters is 1. The van der Waals surface area contributed by atoms with E-state index in [-0.39, 0.29) is 23.6 Å². The first-order valence-corrected chi connectivity index (χ1v) is 11.8. The van der Waals surface area contributed by atoms with Crippen LogP contribution in [0.4, 0.5) is 0 Å². The van der Waals surface area contributed by atoms with Crippen LogP contribution in [-0.4, -0.2) is 37.9 Å². The zero-order chi connectivity index (χ0) is 21.7. The summed E-state index contributed by atoms with van der Waals surface area (Å²) in [7, 11) is 1.41. The number of unbranched alkanes of at least 4 members (excludes halogenated alkanes) is 5. The Morgan fingerprint density at radius 1 is 1.13 bits per heavy atom. The number of hydrogen-bond acceptors (Lipinski definition) is 5. The van der Waals surface area contributed by atoms with Gasteiger partial charge in [0.2, 0.25) is 0 Å². The highest BCUT2D eigenvalue weighted by Gasteiger charge is 2.38. The van der Waals surface area contributed by atoms with Crippen LogP contribution in [-0.2, 0) is 23.8 Å². The first-order valence-electron chi connectivity index (χ1n) is 11.8. The van der Waals surface area contributed by atoms with E-state index < -0.39 is 5.79 Å². The van der Waals surface area contributed by atoms with Crippen molar-refractivity contribution in [3.8, 4) is 0 Å². The number of ether oxygens (including phenoxy) is 3. The number of allylic oxidation sites excluding steroid dienone is 4. The zero-order valence-corrected chi connectivity index (χ0v) is 18.9. The second-order valence-corrected chi connectivity index (χ2v) is 8.52. The molecule has 0 spiro atoms. The van der Waals surface area contributed by atoms with E-state index in [0.29, 0.717) is 19.6 Å². The monoisotopic (exact) mass is 420 g/mol. The van der Waals surface area contributed by atoms with Gasteiger partial charge in [0.1, 0.15) is 0 Å². The Balaban J connectivity index is 1.75. The van der Waals surface area contributed by atoms with E-state index in [0.717, 1.165) is 44.9 Å². The number of carbonyl (C=O) groups is 2. The molecule has 0 amide bonds. The van der Waals surface area contributed by atoms with Gasteiger partial charge in [0, 0.05) is 25.2 Å². The van der Waals surface area contributed by atoms with Gasteiger partial charge in [-0.15, -0.1) is 0 Å². The van der Waals surface area contributed by atoms with E-state index in [1.165, 1.54) is 32.8 Å². The zero-order valence-electron chi connectivity index (χ0n) is 18.9. The van der Waals surface area contributed by atoms with Crippen molar-refractivity contribution in [3.05, 3.63) is 24.3 Å². The van der Waals surface area contributed by atoms with Crippen molar-refractivity contribution in [2.45, 2.75) is 89.8 Å². The molecule has 0 aromatic carbocycles. The van der Waals surface area contributed by atoms with E-state index in [9.17, 15) is 9.59 Å². The van der Waals surface area contributed by atoms with Crippen LogP contribution >= 0.6 is 0 Å². The Morgan fingerprint density at radius 2 is 1.90 bits per heavy atom. The van der Waals surface area contributed by atoms with Crippen molar-refractivity contribution in [3.63, 3.8) is 0 Å². The maximum Gasteiger partial charge on any atom is 0.305 e. The standard InChI is InChI=1S/C25H40O5/c1-3-4-5-8-11-17-25(29-19-20-30-25)18-16-21-14-15-23(26)22(21)12-9-6-7-10-13-24(27)28-2/h6,9,14-15,21-22H,3-5,7-8,10-13,16-20H2,1-2H3/b9-6+. The summed E-state index contributed by atoms with van der Waals surface area (Å²) >= 11 is 0. The number of methoxy groups -OCH3 is 1. The third kappa shape index (κ3) is 8.35. The largest absolute Gasteiger partial charge is 0.469 e. The first-order chi connectivity index (χ1) is 14.6. The van der Waals surface area contributed by atoms with Crippen LogP contribution in [0.15, 0.2) is 24.3 Å². The summed E-state index contributed by atoms with van der Waals surface area (Å²) < 4.78 is 16.7. The maximum atomic E-state index is 12.3. The van der Waals surface area contributed by atoms with Crippen molar-refractivity contribution >= 4 is 11.8 Å². The molecule has 0 radical (unpaired) electrons. The van der Waals surface area contributed by atoms with E-state index in [1.54, 1.807) is 6.08 Å². The Morgan fingerprint density at radius 3 is 2.63 bits per heavy atom. The Kier molecular flexibility index (Phi) is 11.4. The quantitative estimate of drug-likeness (QED) is 0.198. The lowest BCUT2D eigenvalue weighted by Gasteiger charge is -2.29. The van der Waals surface area contributed by atoms with Gasteiger partial charge in [-0.2, -0.15) is 0 Å². The second kappa shape index (κ2) is 13.8. The molecule has 5 heteroatoms. The van der Waals surface area contributed by atoms with Crippen LogP contribution in [0.3, 0.4) is 0 Å². The lowest BCUT2D eigenvalue weighted by atomic mass is 9.86. The molecule has 2 atom stereocenters. The first kappa shape index (κ1) is 24.8. The fraction of sp³-hybridized carbons (Fsp3) is 0.760. The van der Waals surface area contributed by atoms with Crippen LogP contribution < -0.4 is 0 Å². The highest BCUT2D eigenvalue weighted by Crippen LogP contribution is 2.36. The normalized spacial score (nSPS) is 22.9. The van der Waals surface area contributed by atoms with Crippen molar-refractivity contribution in [2.75, 3.05) is 20.3 Å². The molecule has 0 saturated carbocycles. The minimum Gasteiger partial charge on any atom is -0.469 e. The summed E-state index contributed by atoms with van der Waals surface area (Å²) in [5, 5.41) is 0. The predicted molar refractivity (Wildman–Crippen MR) is 118 cm³/mol. The molecule has 2 aliphatic rings. The van der Waals surface area contributed by atoms with E-state index in [4.69, 9.17) is 9.47 Å². The summed E-state index contributed by atoms with van der Waals surface area (Å²) in [6.07, 6.45) is 19.7. The molecule has 0 aromatic rings. The minimum absolute atomic E-state index is 0.0184. The SMILES string of the molecule is CCCCCCCC1(CCC2C=CC(=O)C2C/C=C/CCCC(=O)OC)OCCO1. The molecule has 5 nitrogen and oxygen atoms in total. The molecule has 0 N–H and O–H groups in total. The number of rotatable bonds is 15. The lowest BCUT2D eigenvalue weighted by Crippen LogP contribution is -2.31. The van der Waals surface area contributed by atoms with Crippen molar-refractivity contribution in [2.24, 2.45) is 11.8 Å². The number of ketones is 1. The van der Waals surface area contributed by atoms with Crippen LogP contribution in [0.5, 0.6) is 0 Å². The Labute approximate surface area is 182 Å². The van der Waals surface area contributed by atoms with Crippen LogP contribution in [0.2, 0.25) is 0 Å². The summed E-state index contributed by atoms with van der Waals surface area (Å²) in [5.41, 5.74) is 0. The maximum absolute atomic E-state index is 12.3. The van der Waals surface area contributed by atoms with Gasteiger partial charge in [0.15, 0.2) is 11.6 Å². The highest BCUT2D eigenvalue weighted by atomic mass is 16.7. The van der Waals surface area contributed by atoms with Crippen LogP contribution in [0.25, 0.3) is 0 Å². The lowest BCUT2D eigenvalue weighted by molar-refractivity contribution is -0.170. The van der Waals surface area contributed by atoms with Crippen LogP contribution in [0.1, 0.15) is 84.0 Å². The summed E-state index contributed by atoms with van der Waals surface area (Å²) in [4.78, 5) is 23.5. The van der Waals surface area contributed by atoms with Crippen molar-refractivity contribution < 1.29 is 23.8 Å². The average Bonchev–Trinajstić information content (AvgIpc) is 3.36. The fourth-order valence-electron chi connectivity index (χ4n) is 4.40. The summed E-state index contributed by atoms with van der Waals surface area (Å²) in [6.45, 7) is 3.58. The third-order valence-corrected chi connectivity index (χ3v) is 6.26. The molecule has 1 saturated heterocycles. The predicted octanol–water partition coefficient (Wildman–Crippen LogP) is 5.53. The highest BCUT2D eigenvalue weighted by molar-refractivity contribution is 5.94. The molecule has 1 aliphatic heterocycles. The van der Waals surface area contributed by atoms with Gasteiger partial charge in [0.05, 0.1) is 20.3 Å². The Bertz CT molecular complexity index is 574. The molecule has 30 heavy (non-hydrogen) atoms. The molecule has 1 heterocycles. The molecular weight excluding hydrogens is 380 g/mol. The summed E-state index contributed by atoms with van der Waals surface area (Å²) in [5.74, 6) is -0.123. The number of hydrogen-bond donors (Lipinski definition) is 0. The number of carbonyl (C=O) groups excluding carboxylic acids is 2. The average molecular weight is 421 g/mol. The van der Waals surface area contributed by atoms with Gasteiger partial charge >= 0.3 is 5.97 Å². The van der Waals surface area contributed by atoms with Crippen molar-refractivity contribution in [1.29, 1.82) is 0 Å². The molecule has 0 bridgehead atoms. The smallest absolute Gasteiger partial charge is 0.305 e. The summed E-state index contributed by atoms with van der Waals surface area (Å²) in [6, 6.07) is 0. The van der Waals surface area contributed by atoms with Gasteiger partial charge in [-0.05, 0) is 44.1 Å². The second-order valence-electron chi connectivity index (χ2n) is 8.52. The van der Waals surface area contributed by atoms with Gasteiger partial charge in [-0.25, -0.2) is 0 Å². The van der Waals surface area contributed by atoms with Gasteiger partial charge in [-0.1, -0.05) is 50.8 Å². The van der Waals surface area contributed by atoms with E-state index in [2.05, 4.69) is 29.9 Å². The molecule has 170 valence electrons. The molecule has 0 aromatic heterocycles. The van der Waals surface area contributed by atoms with Gasteiger partial charge in [0.25, 0.3) is 0 Å². The van der Waals surface area contributed by atoms with Crippen LogP contribution in [0, 0.1) is 11.8 Å². The Hall–Kier alpha value is -1.46. The van der Waals surface area contributed by atoms with E-state index in [1.807, 2.05) is 0 Å². The topological polar surface area (TPSA) is 61.8 Å². The van der Waals surface area contributed by atoms with E-state index >= 15 is 0 Å². The molecular formula is C25H40O5. The molecule has 2 unspecified atom stereocenters. The molecule has 1 aliphatic carbocycles. The van der Waals surface area contributed by atoms with Gasteiger partial charge < -0.3 is 14.2 Å². The van der Waals surface area contributed by atoms with Crippen molar-refractivity contribution in [1.82, 2.24) is 0 Å². The van der Waals surface area contributed by atoms with Gasteiger partial charge in [-0.3, -0.25) is 9.59 Å². The minimum atomic E-state index is -0.444. The third-order valence-electron chi connectivity index (χ3n) is 6.26. The molecule has 2 rings (SSSR count). The fourth-order valence-corrected chi connectivity index (χ4v) is 4.40. The molecule has 1 fully saturated rings.